The molecule has 0 bridgehead atoms. The second-order valence-electron chi connectivity index (χ2n) is 7.10. The van der Waals surface area contributed by atoms with Gasteiger partial charge >= 0.3 is 0 Å². The summed E-state index contributed by atoms with van der Waals surface area (Å²) < 4.78 is 15.1. The average Bonchev–Trinajstić information content (AvgIpc) is 2.91. The molecular formula is C23H23FN2O2. The molecule has 28 heavy (non-hydrogen) atoms. The quantitative estimate of drug-likeness (QED) is 0.631. The zero-order valence-electron chi connectivity index (χ0n) is 16.5. The molecule has 0 unspecified atom stereocenters. The van der Waals surface area contributed by atoms with Gasteiger partial charge in [-0.25, -0.2) is 4.39 Å². The van der Waals surface area contributed by atoms with Crippen LogP contribution in [0.2, 0.25) is 0 Å². The van der Waals surface area contributed by atoms with Crippen molar-refractivity contribution in [3.63, 3.8) is 0 Å². The van der Waals surface area contributed by atoms with Crippen LogP contribution in [0.5, 0.6) is 0 Å². The highest BCUT2D eigenvalue weighted by molar-refractivity contribution is 5.97. The molecule has 0 saturated heterocycles. The van der Waals surface area contributed by atoms with E-state index in [4.69, 9.17) is 0 Å². The van der Waals surface area contributed by atoms with E-state index in [0.29, 0.717) is 17.0 Å². The van der Waals surface area contributed by atoms with Gasteiger partial charge in [-0.15, -0.1) is 0 Å². The maximum atomic E-state index is 13.3. The number of amides is 1. The second kappa shape index (κ2) is 7.80. The first kappa shape index (κ1) is 19.5. The van der Waals surface area contributed by atoms with E-state index < -0.39 is 0 Å². The summed E-state index contributed by atoms with van der Waals surface area (Å²) in [5.74, 6) is -0.602. The fourth-order valence-corrected chi connectivity index (χ4v) is 3.46. The van der Waals surface area contributed by atoms with Crippen molar-refractivity contribution in [3.05, 3.63) is 76.7 Å². The monoisotopic (exact) mass is 378 g/mol. The number of nitrogens with one attached hydrogen (secondary N) is 1. The number of nitrogens with zero attached hydrogens (tertiary/aromatic N) is 1. The largest absolute Gasteiger partial charge is 0.335 e. The number of anilines is 1. The molecule has 0 aliphatic carbocycles. The summed E-state index contributed by atoms with van der Waals surface area (Å²) in [6.45, 7) is 7.32. The Balaban J connectivity index is 1.94. The van der Waals surface area contributed by atoms with Crippen LogP contribution in [0.15, 0.2) is 48.5 Å². The molecule has 5 heteroatoms. The molecule has 1 N–H and O–H groups in total. The van der Waals surface area contributed by atoms with Crippen LogP contribution in [0.1, 0.15) is 34.1 Å². The van der Waals surface area contributed by atoms with Gasteiger partial charge < -0.3 is 9.88 Å². The Morgan fingerprint density at radius 1 is 0.964 bits per heavy atom. The maximum Gasteiger partial charge on any atom is 0.244 e. The van der Waals surface area contributed by atoms with Crippen molar-refractivity contribution in [2.75, 3.05) is 5.32 Å². The van der Waals surface area contributed by atoms with Gasteiger partial charge in [0.15, 0.2) is 5.78 Å². The van der Waals surface area contributed by atoms with Crippen molar-refractivity contribution in [2.45, 2.75) is 34.2 Å². The van der Waals surface area contributed by atoms with Crippen molar-refractivity contribution >= 4 is 17.4 Å². The molecule has 0 spiro atoms. The maximum absolute atomic E-state index is 13.3. The molecule has 0 radical (unpaired) electrons. The van der Waals surface area contributed by atoms with E-state index in [1.165, 1.54) is 19.1 Å². The minimum absolute atomic E-state index is 0.0544. The Hall–Kier alpha value is -3.21. The van der Waals surface area contributed by atoms with Gasteiger partial charge in [0.1, 0.15) is 12.4 Å². The fraction of sp³-hybridized carbons (Fsp3) is 0.217. The Morgan fingerprint density at radius 2 is 1.57 bits per heavy atom. The molecule has 144 valence electrons. The van der Waals surface area contributed by atoms with Crippen molar-refractivity contribution in [1.82, 2.24) is 4.57 Å². The Kier molecular flexibility index (Phi) is 5.45. The third-order valence-corrected chi connectivity index (χ3v) is 4.69. The molecule has 0 saturated carbocycles. The van der Waals surface area contributed by atoms with Crippen LogP contribution in [-0.2, 0) is 11.3 Å². The molecule has 2 aromatic carbocycles. The Labute approximate surface area is 164 Å². The number of hydrogen-bond donors (Lipinski definition) is 1. The SMILES string of the molecule is CC(=O)c1cc(-c2ccc(F)cc2)n(CC(=O)Nc2cc(C)cc(C)c2)c1C. The van der Waals surface area contributed by atoms with Crippen LogP contribution < -0.4 is 5.32 Å². The number of aromatic nitrogens is 1. The molecule has 0 atom stereocenters. The standard InChI is InChI=1S/C23H23FN2O2/c1-14-9-15(2)11-20(10-14)25-23(28)13-26-16(3)21(17(4)27)12-22(26)18-5-7-19(24)8-6-18/h5-12H,13H2,1-4H3,(H,25,28). The van der Waals surface area contributed by atoms with Crippen LogP contribution in [0, 0.1) is 26.6 Å². The predicted octanol–water partition coefficient (Wildman–Crippen LogP) is 5.06. The van der Waals surface area contributed by atoms with Gasteiger partial charge in [0.25, 0.3) is 0 Å². The van der Waals surface area contributed by atoms with Crippen molar-refractivity contribution < 1.29 is 14.0 Å². The number of rotatable bonds is 5. The number of aryl methyl sites for hydroxylation is 2. The number of Topliss-reactive ketones (excluding diaryl/α,β-unsaturated/α-hetero) is 1. The van der Waals surface area contributed by atoms with E-state index in [9.17, 15) is 14.0 Å². The number of carbonyl (C=O) groups is 2. The van der Waals surface area contributed by atoms with Gasteiger partial charge in [-0.2, -0.15) is 0 Å². The van der Waals surface area contributed by atoms with Gasteiger partial charge in [0.2, 0.25) is 5.91 Å². The minimum atomic E-state index is -0.335. The summed E-state index contributed by atoms with van der Waals surface area (Å²) in [5, 5.41) is 2.92. The van der Waals surface area contributed by atoms with E-state index in [-0.39, 0.29) is 24.1 Å². The van der Waals surface area contributed by atoms with Crippen LogP contribution in [-0.4, -0.2) is 16.3 Å². The van der Waals surface area contributed by atoms with Crippen LogP contribution in [0.25, 0.3) is 11.3 Å². The topological polar surface area (TPSA) is 51.1 Å². The molecule has 0 aliphatic rings. The van der Waals surface area contributed by atoms with E-state index in [1.54, 1.807) is 22.8 Å². The first-order valence-corrected chi connectivity index (χ1v) is 9.09. The van der Waals surface area contributed by atoms with Crippen LogP contribution >= 0.6 is 0 Å². The summed E-state index contributed by atoms with van der Waals surface area (Å²) in [4.78, 5) is 24.7. The van der Waals surface area contributed by atoms with Gasteiger partial charge in [0.05, 0.1) is 0 Å². The minimum Gasteiger partial charge on any atom is -0.335 e. The lowest BCUT2D eigenvalue weighted by Crippen LogP contribution is -2.20. The van der Waals surface area contributed by atoms with E-state index in [0.717, 1.165) is 22.4 Å². The highest BCUT2D eigenvalue weighted by Gasteiger charge is 2.18. The molecule has 0 fully saturated rings. The third-order valence-electron chi connectivity index (χ3n) is 4.69. The summed E-state index contributed by atoms with van der Waals surface area (Å²) in [6.07, 6.45) is 0. The lowest BCUT2D eigenvalue weighted by molar-refractivity contribution is -0.116. The first-order valence-electron chi connectivity index (χ1n) is 9.09. The zero-order valence-corrected chi connectivity index (χ0v) is 16.5. The highest BCUT2D eigenvalue weighted by Crippen LogP contribution is 2.27. The van der Waals surface area contributed by atoms with E-state index >= 15 is 0 Å². The zero-order chi connectivity index (χ0) is 20.4. The highest BCUT2D eigenvalue weighted by atomic mass is 19.1. The van der Waals surface area contributed by atoms with E-state index in [1.807, 2.05) is 39.0 Å². The Bertz CT molecular complexity index is 1030. The number of ketones is 1. The predicted molar refractivity (Wildman–Crippen MR) is 109 cm³/mol. The fourth-order valence-electron chi connectivity index (χ4n) is 3.46. The second-order valence-corrected chi connectivity index (χ2v) is 7.10. The molecule has 0 aliphatic heterocycles. The molecule has 4 nitrogen and oxygen atoms in total. The Morgan fingerprint density at radius 3 is 2.14 bits per heavy atom. The van der Waals surface area contributed by atoms with Crippen molar-refractivity contribution in [1.29, 1.82) is 0 Å². The van der Waals surface area contributed by atoms with Crippen molar-refractivity contribution in [3.8, 4) is 11.3 Å². The number of carbonyl (C=O) groups excluding carboxylic acids is 2. The summed E-state index contributed by atoms with van der Waals surface area (Å²) >= 11 is 0. The van der Waals surface area contributed by atoms with Crippen molar-refractivity contribution in [2.24, 2.45) is 0 Å². The first-order chi connectivity index (χ1) is 13.2. The molecule has 1 aromatic heterocycles. The molecule has 3 rings (SSSR count). The summed E-state index contributed by atoms with van der Waals surface area (Å²) in [7, 11) is 0. The van der Waals surface area contributed by atoms with Gasteiger partial charge in [0, 0.05) is 22.6 Å². The van der Waals surface area contributed by atoms with E-state index in [2.05, 4.69) is 5.32 Å². The summed E-state index contributed by atoms with van der Waals surface area (Å²) in [5.41, 5.74) is 5.59. The molecule has 1 amide bonds. The van der Waals surface area contributed by atoms with Gasteiger partial charge in [-0.1, -0.05) is 6.07 Å². The van der Waals surface area contributed by atoms with Crippen LogP contribution in [0.3, 0.4) is 0 Å². The third kappa shape index (κ3) is 4.19. The lowest BCUT2D eigenvalue weighted by Gasteiger charge is -2.13. The normalized spacial score (nSPS) is 10.8. The lowest BCUT2D eigenvalue weighted by atomic mass is 10.1. The molecular weight excluding hydrogens is 355 g/mol. The van der Waals surface area contributed by atoms with Crippen LogP contribution in [0.4, 0.5) is 10.1 Å². The van der Waals surface area contributed by atoms with Gasteiger partial charge in [-0.3, -0.25) is 9.59 Å². The molecule has 1 heterocycles. The molecule has 3 aromatic rings. The van der Waals surface area contributed by atoms with Gasteiger partial charge in [-0.05, 0) is 86.8 Å². The summed E-state index contributed by atoms with van der Waals surface area (Å²) in [6, 6.07) is 13.6. The average molecular weight is 378 g/mol. The number of halogens is 1. The number of hydrogen-bond acceptors (Lipinski definition) is 2. The number of benzene rings is 2. The smallest absolute Gasteiger partial charge is 0.244 e.